The highest BCUT2D eigenvalue weighted by Crippen LogP contribution is 2.22. The maximum Gasteiger partial charge on any atom is 0.139 e. The van der Waals surface area contributed by atoms with E-state index in [1.54, 1.807) is 0 Å². The van der Waals surface area contributed by atoms with E-state index in [0.29, 0.717) is 0 Å². The van der Waals surface area contributed by atoms with Gasteiger partial charge in [-0.05, 0) is 32.1 Å². The fourth-order valence-corrected chi connectivity index (χ4v) is 2.50. The summed E-state index contributed by atoms with van der Waals surface area (Å²) in [4.78, 5) is 8.88. The topological polar surface area (TPSA) is 42.7 Å². The molecule has 1 aromatic carbocycles. The van der Waals surface area contributed by atoms with Crippen molar-refractivity contribution < 1.29 is 0 Å². The zero-order valence-corrected chi connectivity index (χ0v) is 12.7. The lowest BCUT2D eigenvalue weighted by Crippen LogP contribution is -2.11. The van der Waals surface area contributed by atoms with E-state index in [0.717, 1.165) is 42.2 Å². The Morgan fingerprint density at radius 3 is 2.50 bits per heavy atom. The van der Waals surface area contributed by atoms with Crippen LogP contribution in [-0.2, 0) is 6.54 Å². The van der Waals surface area contributed by atoms with Crippen molar-refractivity contribution in [3.8, 4) is 22.6 Å². The van der Waals surface area contributed by atoms with E-state index in [2.05, 4.69) is 44.1 Å². The molecule has 112 valence electrons. The quantitative estimate of drug-likeness (QED) is 0.709. The molecule has 1 N–H and O–H groups in total. The van der Waals surface area contributed by atoms with E-state index >= 15 is 0 Å². The molecule has 4 heteroatoms. The molecular weight excluding hydrogens is 272 g/mol. The number of rotatable bonds is 6. The molecule has 0 aliphatic carbocycles. The summed E-state index contributed by atoms with van der Waals surface area (Å²) >= 11 is 0. The molecule has 0 fully saturated rings. The van der Waals surface area contributed by atoms with E-state index in [-0.39, 0.29) is 0 Å². The zero-order chi connectivity index (χ0) is 15.2. The predicted octanol–water partition coefficient (Wildman–Crippen LogP) is 3.22. The zero-order valence-electron chi connectivity index (χ0n) is 12.7. The minimum absolute atomic E-state index is 0.970. The second kappa shape index (κ2) is 7.00. The molecule has 0 saturated carbocycles. The Bertz CT molecular complexity index is 701. The van der Waals surface area contributed by atoms with E-state index in [1.807, 2.05) is 43.8 Å². The fourth-order valence-electron chi connectivity index (χ4n) is 2.50. The number of aryl methyl sites for hydroxylation is 1. The third kappa shape index (κ3) is 3.23. The van der Waals surface area contributed by atoms with Crippen molar-refractivity contribution in [1.29, 1.82) is 0 Å². The van der Waals surface area contributed by atoms with Crippen LogP contribution in [0.1, 0.15) is 6.42 Å². The van der Waals surface area contributed by atoms with Crippen LogP contribution in [0, 0.1) is 0 Å². The number of imidazole rings is 1. The average molecular weight is 292 g/mol. The highest BCUT2D eigenvalue weighted by molar-refractivity contribution is 5.65. The van der Waals surface area contributed by atoms with Crippen molar-refractivity contribution in [1.82, 2.24) is 19.9 Å². The molecule has 2 heterocycles. The summed E-state index contributed by atoms with van der Waals surface area (Å²) < 4.78 is 2.20. The van der Waals surface area contributed by atoms with Gasteiger partial charge < -0.3 is 9.88 Å². The highest BCUT2D eigenvalue weighted by atomic mass is 15.1. The number of aromatic nitrogens is 3. The molecule has 0 radical (unpaired) electrons. The molecule has 4 nitrogen and oxygen atoms in total. The van der Waals surface area contributed by atoms with Crippen LogP contribution in [0.5, 0.6) is 0 Å². The van der Waals surface area contributed by atoms with Crippen molar-refractivity contribution in [3.63, 3.8) is 0 Å². The first-order valence-corrected chi connectivity index (χ1v) is 7.56. The lowest BCUT2D eigenvalue weighted by atomic mass is 10.1. The van der Waals surface area contributed by atoms with Gasteiger partial charge in [-0.15, -0.1) is 0 Å². The molecule has 0 aliphatic heterocycles. The molecule has 2 aromatic heterocycles. The maximum absolute atomic E-state index is 4.49. The Morgan fingerprint density at radius 2 is 1.77 bits per heavy atom. The molecule has 0 bridgehead atoms. The van der Waals surface area contributed by atoms with Crippen molar-refractivity contribution in [2.75, 3.05) is 13.6 Å². The Kier molecular flexibility index (Phi) is 4.61. The Morgan fingerprint density at radius 1 is 0.955 bits per heavy atom. The van der Waals surface area contributed by atoms with Crippen LogP contribution >= 0.6 is 0 Å². The Balaban J connectivity index is 1.80. The number of nitrogens with one attached hydrogen (secondary N) is 1. The summed E-state index contributed by atoms with van der Waals surface area (Å²) in [7, 11) is 1.98. The second-order valence-electron chi connectivity index (χ2n) is 5.19. The van der Waals surface area contributed by atoms with E-state index in [4.69, 9.17) is 0 Å². The third-order valence-corrected chi connectivity index (χ3v) is 3.65. The SMILES string of the molecule is CNCCCn1ccnc1-c1ccc(-c2ccccn2)cc1. The monoisotopic (exact) mass is 292 g/mol. The van der Waals surface area contributed by atoms with Gasteiger partial charge in [0.25, 0.3) is 0 Å². The number of hydrogen-bond acceptors (Lipinski definition) is 3. The molecule has 0 atom stereocenters. The second-order valence-corrected chi connectivity index (χ2v) is 5.19. The van der Waals surface area contributed by atoms with Gasteiger partial charge >= 0.3 is 0 Å². The number of hydrogen-bond donors (Lipinski definition) is 1. The molecule has 22 heavy (non-hydrogen) atoms. The molecule has 3 rings (SSSR count). The van der Waals surface area contributed by atoms with Crippen LogP contribution in [-0.4, -0.2) is 28.1 Å². The van der Waals surface area contributed by atoms with Gasteiger partial charge in [0.1, 0.15) is 5.82 Å². The Labute approximate surface area is 130 Å². The smallest absolute Gasteiger partial charge is 0.139 e. The fraction of sp³-hybridized carbons (Fsp3) is 0.222. The summed E-state index contributed by atoms with van der Waals surface area (Å²) in [6.45, 7) is 1.98. The standard InChI is InChI=1S/C18H20N4/c1-19-10-4-13-22-14-12-21-18(22)16-8-6-15(7-9-16)17-5-2-3-11-20-17/h2-3,5-9,11-12,14,19H,4,10,13H2,1H3. The first-order chi connectivity index (χ1) is 10.9. The van der Waals surface area contributed by atoms with Gasteiger partial charge in [0.15, 0.2) is 0 Å². The van der Waals surface area contributed by atoms with Gasteiger partial charge in [0.2, 0.25) is 0 Å². The highest BCUT2D eigenvalue weighted by Gasteiger charge is 2.06. The number of nitrogens with zero attached hydrogens (tertiary/aromatic N) is 3. The molecular formula is C18H20N4. The molecule has 0 unspecified atom stereocenters. The van der Waals surface area contributed by atoms with Gasteiger partial charge in [0, 0.05) is 36.3 Å². The van der Waals surface area contributed by atoms with Crippen LogP contribution in [0.2, 0.25) is 0 Å². The van der Waals surface area contributed by atoms with Crippen LogP contribution in [0.25, 0.3) is 22.6 Å². The molecule has 0 aliphatic rings. The van der Waals surface area contributed by atoms with E-state index in [9.17, 15) is 0 Å². The van der Waals surface area contributed by atoms with Gasteiger partial charge in [-0.1, -0.05) is 30.3 Å². The van der Waals surface area contributed by atoms with Crippen LogP contribution in [0.4, 0.5) is 0 Å². The maximum atomic E-state index is 4.49. The van der Waals surface area contributed by atoms with Gasteiger partial charge in [0.05, 0.1) is 5.69 Å². The van der Waals surface area contributed by atoms with Gasteiger partial charge in [-0.2, -0.15) is 0 Å². The van der Waals surface area contributed by atoms with E-state index < -0.39 is 0 Å². The van der Waals surface area contributed by atoms with Crippen molar-refractivity contribution in [2.24, 2.45) is 0 Å². The van der Waals surface area contributed by atoms with Gasteiger partial charge in [-0.3, -0.25) is 4.98 Å². The third-order valence-electron chi connectivity index (χ3n) is 3.65. The first kappa shape index (κ1) is 14.5. The number of pyridine rings is 1. The average Bonchev–Trinajstić information content (AvgIpc) is 3.05. The van der Waals surface area contributed by atoms with E-state index in [1.165, 1.54) is 0 Å². The molecule has 0 saturated heterocycles. The first-order valence-electron chi connectivity index (χ1n) is 7.56. The van der Waals surface area contributed by atoms with Crippen LogP contribution in [0.3, 0.4) is 0 Å². The molecule has 0 amide bonds. The van der Waals surface area contributed by atoms with Crippen molar-refractivity contribution >= 4 is 0 Å². The summed E-state index contributed by atoms with van der Waals surface area (Å²) in [5.74, 6) is 1.02. The predicted molar refractivity (Wildman–Crippen MR) is 89.4 cm³/mol. The summed E-state index contributed by atoms with van der Waals surface area (Å²) in [6.07, 6.45) is 6.81. The summed E-state index contributed by atoms with van der Waals surface area (Å²) in [5.41, 5.74) is 3.25. The van der Waals surface area contributed by atoms with Crippen molar-refractivity contribution in [2.45, 2.75) is 13.0 Å². The lowest BCUT2D eigenvalue weighted by Gasteiger charge is -2.08. The normalized spacial score (nSPS) is 10.8. The lowest BCUT2D eigenvalue weighted by molar-refractivity contribution is 0.617. The van der Waals surface area contributed by atoms with Crippen LogP contribution < -0.4 is 5.32 Å². The molecule has 0 spiro atoms. The largest absolute Gasteiger partial charge is 0.331 e. The molecule has 3 aromatic rings. The van der Waals surface area contributed by atoms with Crippen LogP contribution in [0.15, 0.2) is 61.1 Å². The van der Waals surface area contributed by atoms with Gasteiger partial charge in [-0.25, -0.2) is 4.98 Å². The minimum Gasteiger partial charge on any atom is -0.331 e. The minimum atomic E-state index is 0.970. The van der Waals surface area contributed by atoms with Crippen molar-refractivity contribution in [3.05, 3.63) is 61.1 Å². The number of benzene rings is 1. The summed E-state index contributed by atoms with van der Waals surface area (Å²) in [5, 5.41) is 3.17. The summed E-state index contributed by atoms with van der Waals surface area (Å²) in [6, 6.07) is 14.4. The Hall–Kier alpha value is -2.46.